The molecule has 29 heavy (non-hydrogen) atoms. The van der Waals surface area contributed by atoms with E-state index in [-0.39, 0.29) is 24.9 Å². The fourth-order valence-corrected chi connectivity index (χ4v) is 3.05. The van der Waals surface area contributed by atoms with Gasteiger partial charge in [-0.15, -0.1) is 0 Å². The van der Waals surface area contributed by atoms with Crippen LogP contribution in [0.4, 0.5) is 23.8 Å². The van der Waals surface area contributed by atoms with E-state index >= 15 is 0 Å². The van der Waals surface area contributed by atoms with Gasteiger partial charge in [0, 0.05) is 12.2 Å². The van der Waals surface area contributed by atoms with Crippen molar-refractivity contribution in [2.75, 3.05) is 31.6 Å². The second-order valence-corrected chi connectivity index (χ2v) is 6.88. The van der Waals surface area contributed by atoms with Crippen molar-refractivity contribution in [1.82, 2.24) is 9.88 Å². The Bertz CT molecular complexity index is 853. The van der Waals surface area contributed by atoms with E-state index in [9.17, 15) is 18.0 Å². The third kappa shape index (κ3) is 5.83. The molecule has 1 saturated heterocycles. The van der Waals surface area contributed by atoms with Crippen LogP contribution in [0.15, 0.2) is 36.4 Å². The van der Waals surface area contributed by atoms with Gasteiger partial charge < -0.3 is 14.4 Å². The van der Waals surface area contributed by atoms with Crippen molar-refractivity contribution in [2.45, 2.75) is 26.1 Å². The van der Waals surface area contributed by atoms with Crippen LogP contribution in [0.3, 0.4) is 0 Å². The minimum absolute atomic E-state index is 0.0346. The summed E-state index contributed by atoms with van der Waals surface area (Å²) in [6.07, 6.45) is -4.88. The minimum Gasteiger partial charge on any atom is -0.491 e. The summed E-state index contributed by atoms with van der Waals surface area (Å²) >= 11 is 0. The summed E-state index contributed by atoms with van der Waals surface area (Å²) in [6.45, 7) is 4.77. The van der Waals surface area contributed by atoms with Crippen molar-refractivity contribution in [3.63, 3.8) is 0 Å². The van der Waals surface area contributed by atoms with Crippen LogP contribution in [0.1, 0.15) is 16.8 Å². The molecule has 1 N–H and O–H groups in total. The molecule has 2 amide bonds. The first-order chi connectivity index (χ1) is 13.7. The predicted molar refractivity (Wildman–Crippen MR) is 101 cm³/mol. The smallest absolute Gasteiger partial charge is 0.416 e. The lowest BCUT2D eigenvalue weighted by molar-refractivity contribution is -0.137. The highest BCUT2D eigenvalue weighted by atomic mass is 19.4. The average Bonchev–Trinajstić information content (AvgIpc) is 2.65. The Hall–Kier alpha value is -2.81. The summed E-state index contributed by atoms with van der Waals surface area (Å²) in [5.41, 5.74) is 1.01. The van der Waals surface area contributed by atoms with Gasteiger partial charge in [0.1, 0.15) is 24.3 Å². The van der Waals surface area contributed by atoms with Crippen LogP contribution in [0.2, 0.25) is 0 Å². The number of alkyl halides is 3. The van der Waals surface area contributed by atoms with Gasteiger partial charge >= 0.3 is 12.2 Å². The number of anilines is 1. The number of aryl methyl sites for hydroxylation is 2. The van der Waals surface area contributed by atoms with E-state index < -0.39 is 17.8 Å². The predicted octanol–water partition coefficient (Wildman–Crippen LogP) is 4.03. The number of urea groups is 1. The number of hydrogen-bond acceptors (Lipinski definition) is 4. The zero-order valence-electron chi connectivity index (χ0n) is 16.1. The van der Waals surface area contributed by atoms with Gasteiger partial charge in [-0.2, -0.15) is 13.2 Å². The van der Waals surface area contributed by atoms with Crippen LogP contribution < -0.4 is 10.1 Å². The van der Waals surface area contributed by atoms with Gasteiger partial charge in [-0.3, -0.25) is 5.32 Å². The summed E-state index contributed by atoms with van der Waals surface area (Å²) in [6, 6.07) is 8.04. The average molecular weight is 409 g/mol. The third-order valence-corrected chi connectivity index (χ3v) is 4.36. The van der Waals surface area contributed by atoms with Gasteiger partial charge in [0.15, 0.2) is 0 Å². The standard InChI is InChI=1S/C20H22F3N3O3/c1-13-8-14(2)24-18(9-13)25-19(27)26-6-7-28-17(11-26)12-29-16-5-3-4-15(10-16)20(21,22)23/h3-5,8-10,17H,6-7,11-12H2,1-2H3,(H,24,25,27). The first kappa shape index (κ1) is 20.9. The van der Waals surface area contributed by atoms with E-state index in [1.54, 1.807) is 11.0 Å². The van der Waals surface area contributed by atoms with E-state index in [0.717, 1.165) is 23.4 Å². The fourth-order valence-electron chi connectivity index (χ4n) is 3.05. The number of aromatic nitrogens is 1. The van der Waals surface area contributed by atoms with Crippen molar-refractivity contribution < 1.29 is 27.4 Å². The Morgan fingerprint density at radius 2 is 2.10 bits per heavy atom. The Balaban J connectivity index is 1.56. The van der Waals surface area contributed by atoms with Crippen LogP contribution in [-0.4, -0.2) is 48.3 Å². The van der Waals surface area contributed by atoms with Crippen molar-refractivity contribution in [1.29, 1.82) is 0 Å². The molecule has 6 nitrogen and oxygen atoms in total. The minimum atomic E-state index is -4.43. The highest BCUT2D eigenvalue weighted by Crippen LogP contribution is 2.31. The Kier molecular flexibility index (Phi) is 6.26. The first-order valence-corrected chi connectivity index (χ1v) is 9.13. The van der Waals surface area contributed by atoms with Gasteiger partial charge in [-0.1, -0.05) is 6.07 Å². The Labute approximate surface area is 166 Å². The normalized spacial score (nSPS) is 17.1. The van der Waals surface area contributed by atoms with Crippen LogP contribution in [0.5, 0.6) is 5.75 Å². The molecule has 0 radical (unpaired) electrons. The lowest BCUT2D eigenvalue weighted by atomic mass is 10.2. The first-order valence-electron chi connectivity index (χ1n) is 9.13. The van der Waals surface area contributed by atoms with Crippen molar-refractivity contribution in [3.05, 3.63) is 53.2 Å². The monoisotopic (exact) mass is 409 g/mol. The number of pyridine rings is 1. The Morgan fingerprint density at radius 1 is 1.31 bits per heavy atom. The lowest BCUT2D eigenvalue weighted by Crippen LogP contribution is -2.49. The molecule has 0 bridgehead atoms. The second kappa shape index (κ2) is 8.69. The summed E-state index contributed by atoms with van der Waals surface area (Å²) in [7, 11) is 0. The highest BCUT2D eigenvalue weighted by molar-refractivity contribution is 5.88. The number of carbonyl (C=O) groups excluding carboxylic acids is 1. The van der Waals surface area contributed by atoms with E-state index in [0.29, 0.717) is 19.0 Å². The molecule has 2 heterocycles. The molecule has 1 aromatic heterocycles. The second-order valence-electron chi connectivity index (χ2n) is 6.88. The quantitative estimate of drug-likeness (QED) is 0.828. The SMILES string of the molecule is Cc1cc(C)nc(NC(=O)N2CCOC(COc3cccc(C(F)(F)F)c3)C2)c1. The molecular weight excluding hydrogens is 387 g/mol. The zero-order chi connectivity index (χ0) is 21.0. The van der Waals surface area contributed by atoms with E-state index in [2.05, 4.69) is 10.3 Å². The molecule has 1 atom stereocenters. The number of nitrogens with one attached hydrogen (secondary N) is 1. The number of rotatable bonds is 4. The maximum atomic E-state index is 12.8. The molecule has 0 spiro atoms. The lowest BCUT2D eigenvalue weighted by Gasteiger charge is -2.32. The largest absolute Gasteiger partial charge is 0.491 e. The maximum absolute atomic E-state index is 12.8. The number of ether oxygens (including phenoxy) is 2. The van der Waals surface area contributed by atoms with Crippen molar-refractivity contribution in [2.24, 2.45) is 0 Å². The van der Waals surface area contributed by atoms with Crippen molar-refractivity contribution >= 4 is 11.8 Å². The van der Waals surface area contributed by atoms with Gasteiger partial charge in [-0.05, 0) is 49.7 Å². The van der Waals surface area contributed by atoms with E-state index in [1.807, 2.05) is 19.9 Å². The summed E-state index contributed by atoms with van der Waals surface area (Å²) in [4.78, 5) is 18.4. The molecule has 1 aliphatic heterocycles. The number of morpholine rings is 1. The number of halogens is 3. The number of nitrogens with zero attached hydrogens (tertiary/aromatic N) is 2. The molecule has 2 aromatic rings. The van der Waals surface area contributed by atoms with E-state index in [1.165, 1.54) is 12.1 Å². The van der Waals surface area contributed by atoms with Crippen LogP contribution >= 0.6 is 0 Å². The van der Waals surface area contributed by atoms with Crippen LogP contribution in [0.25, 0.3) is 0 Å². The van der Waals surface area contributed by atoms with Gasteiger partial charge in [0.05, 0.1) is 18.7 Å². The van der Waals surface area contributed by atoms with Gasteiger partial charge in [0.25, 0.3) is 0 Å². The molecular formula is C20H22F3N3O3. The number of amides is 2. The molecule has 9 heteroatoms. The zero-order valence-corrected chi connectivity index (χ0v) is 16.1. The molecule has 1 fully saturated rings. The molecule has 3 rings (SSSR count). The maximum Gasteiger partial charge on any atom is 0.416 e. The number of carbonyl (C=O) groups is 1. The summed E-state index contributed by atoms with van der Waals surface area (Å²) < 4.78 is 49.4. The van der Waals surface area contributed by atoms with Gasteiger partial charge in [0.2, 0.25) is 0 Å². The van der Waals surface area contributed by atoms with Crippen LogP contribution in [-0.2, 0) is 10.9 Å². The molecule has 0 saturated carbocycles. The number of benzene rings is 1. The molecule has 0 aliphatic carbocycles. The molecule has 1 aromatic carbocycles. The molecule has 1 aliphatic rings. The molecule has 156 valence electrons. The van der Waals surface area contributed by atoms with E-state index in [4.69, 9.17) is 9.47 Å². The fraction of sp³-hybridized carbons (Fsp3) is 0.400. The summed E-state index contributed by atoms with van der Waals surface area (Å²) in [5.74, 6) is 0.570. The molecule has 1 unspecified atom stereocenters. The third-order valence-electron chi connectivity index (χ3n) is 4.36. The van der Waals surface area contributed by atoms with Gasteiger partial charge in [-0.25, -0.2) is 9.78 Å². The summed E-state index contributed by atoms with van der Waals surface area (Å²) in [5, 5.41) is 2.77. The highest BCUT2D eigenvalue weighted by Gasteiger charge is 2.31. The number of hydrogen-bond donors (Lipinski definition) is 1. The topological polar surface area (TPSA) is 63.7 Å². The van der Waals surface area contributed by atoms with Crippen molar-refractivity contribution in [3.8, 4) is 5.75 Å². The Morgan fingerprint density at radius 3 is 2.83 bits per heavy atom. The van der Waals surface area contributed by atoms with Crippen LogP contribution in [0, 0.1) is 13.8 Å².